The van der Waals surface area contributed by atoms with Crippen LogP contribution in [-0.2, 0) is 6.54 Å². The highest BCUT2D eigenvalue weighted by Gasteiger charge is 2.22. The molecule has 0 amide bonds. The van der Waals surface area contributed by atoms with E-state index in [0.717, 1.165) is 19.5 Å². The Morgan fingerprint density at radius 2 is 2.21 bits per heavy atom. The van der Waals surface area contributed by atoms with Gasteiger partial charge >= 0.3 is 0 Å². The van der Waals surface area contributed by atoms with Gasteiger partial charge in [-0.25, -0.2) is 0 Å². The Kier molecular flexibility index (Phi) is 6.29. The molecule has 3 nitrogen and oxygen atoms in total. The second-order valence-electron chi connectivity index (χ2n) is 5.32. The molecule has 5 heteroatoms. The van der Waals surface area contributed by atoms with Crippen LogP contribution in [0.3, 0.4) is 0 Å². The first-order chi connectivity index (χ1) is 9.19. The highest BCUT2D eigenvalue weighted by atomic mass is 79.9. The van der Waals surface area contributed by atoms with Gasteiger partial charge in [-0.3, -0.25) is 4.90 Å². The largest absolute Gasteiger partial charge is 0.396 e. The zero-order chi connectivity index (χ0) is 13.7. The fourth-order valence-corrected chi connectivity index (χ4v) is 3.91. The van der Waals surface area contributed by atoms with Crippen molar-refractivity contribution in [2.75, 3.05) is 33.3 Å². The Morgan fingerprint density at radius 3 is 2.79 bits per heavy atom. The van der Waals surface area contributed by atoms with Gasteiger partial charge in [-0.15, -0.1) is 11.3 Å². The third-order valence-corrected chi connectivity index (χ3v) is 5.43. The Morgan fingerprint density at radius 1 is 1.47 bits per heavy atom. The van der Waals surface area contributed by atoms with E-state index in [9.17, 15) is 0 Å². The number of rotatable bonds is 6. The zero-order valence-corrected chi connectivity index (χ0v) is 13.9. The smallest absolute Gasteiger partial charge is 0.0701 e. The molecule has 1 aliphatic heterocycles. The molecule has 1 saturated heterocycles. The maximum absolute atomic E-state index is 8.88. The monoisotopic (exact) mass is 346 g/mol. The topological polar surface area (TPSA) is 26.7 Å². The van der Waals surface area contributed by atoms with E-state index in [1.807, 2.05) is 0 Å². The van der Waals surface area contributed by atoms with E-state index < -0.39 is 0 Å². The van der Waals surface area contributed by atoms with E-state index >= 15 is 0 Å². The maximum Gasteiger partial charge on any atom is 0.0701 e. The normalized spacial score (nSPS) is 18.3. The van der Waals surface area contributed by atoms with Crippen molar-refractivity contribution in [3.63, 3.8) is 0 Å². The molecule has 1 aromatic rings. The van der Waals surface area contributed by atoms with Gasteiger partial charge in [0.15, 0.2) is 0 Å². The molecular weight excluding hydrogens is 324 g/mol. The zero-order valence-electron chi connectivity index (χ0n) is 11.5. The molecule has 0 aliphatic carbocycles. The van der Waals surface area contributed by atoms with Gasteiger partial charge in [0.25, 0.3) is 0 Å². The van der Waals surface area contributed by atoms with E-state index in [0.29, 0.717) is 12.6 Å². The molecule has 0 atom stereocenters. The first-order valence-corrected chi connectivity index (χ1v) is 8.62. The molecule has 108 valence electrons. The highest BCUT2D eigenvalue weighted by Crippen LogP contribution is 2.23. The number of piperidine rings is 1. The van der Waals surface area contributed by atoms with Crippen molar-refractivity contribution in [1.29, 1.82) is 0 Å². The molecule has 2 heterocycles. The van der Waals surface area contributed by atoms with E-state index in [1.54, 1.807) is 11.3 Å². The molecular formula is C14H23BrN2OS. The van der Waals surface area contributed by atoms with Crippen LogP contribution in [-0.4, -0.2) is 54.2 Å². The van der Waals surface area contributed by atoms with Crippen LogP contribution in [0.1, 0.15) is 24.8 Å². The van der Waals surface area contributed by atoms with E-state index in [1.165, 1.54) is 35.3 Å². The van der Waals surface area contributed by atoms with Gasteiger partial charge < -0.3 is 10.0 Å². The standard InChI is InChI=1S/C14H23BrN2OS/c1-16(5-2-8-18)13-3-6-17(7-4-13)10-12-9-14(15)19-11-12/h9,11,13,18H,2-8,10H2,1H3. The lowest BCUT2D eigenvalue weighted by molar-refractivity contribution is 0.117. The lowest BCUT2D eigenvalue weighted by Gasteiger charge is -2.36. The third kappa shape index (κ3) is 4.83. The average Bonchev–Trinajstić information content (AvgIpc) is 2.82. The molecule has 0 aromatic carbocycles. The van der Waals surface area contributed by atoms with Crippen LogP contribution >= 0.6 is 27.3 Å². The Bertz CT molecular complexity index is 377. The summed E-state index contributed by atoms with van der Waals surface area (Å²) in [5, 5.41) is 11.1. The van der Waals surface area contributed by atoms with Gasteiger partial charge in [0.1, 0.15) is 0 Å². The Hall–Kier alpha value is 0.0600. The van der Waals surface area contributed by atoms with Crippen LogP contribution in [0.15, 0.2) is 15.2 Å². The number of aliphatic hydroxyl groups excluding tert-OH is 1. The SMILES string of the molecule is CN(CCCO)C1CCN(Cc2csc(Br)c2)CC1. The summed E-state index contributed by atoms with van der Waals surface area (Å²) in [6, 6.07) is 2.92. The summed E-state index contributed by atoms with van der Waals surface area (Å²) in [6.45, 7) is 4.76. The van der Waals surface area contributed by atoms with Crippen molar-refractivity contribution in [1.82, 2.24) is 9.80 Å². The van der Waals surface area contributed by atoms with E-state index in [2.05, 4.69) is 44.2 Å². The number of likely N-dealkylation sites (tertiary alicyclic amines) is 1. The van der Waals surface area contributed by atoms with Gasteiger partial charge in [0.05, 0.1) is 3.79 Å². The van der Waals surface area contributed by atoms with Crippen LogP contribution in [0.5, 0.6) is 0 Å². The van der Waals surface area contributed by atoms with Gasteiger partial charge in [-0.05, 0) is 72.3 Å². The minimum Gasteiger partial charge on any atom is -0.396 e. The van der Waals surface area contributed by atoms with Crippen molar-refractivity contribution < 1.29 is 5.11 Å². The molecule has 0 radical (unpaired) electrons. The number of nitrogens with zero attached hydrogens (tertiary/aromatic N) is 2. The van der Waals surface area contributed by atoms with Crippen molar-refractivity contribution in [3.05, 3.63) is 20.8 Å². The number of halogens is 1. The maximum atomic E-state index is 8.88. The minimum absolute atomic E-state index is 0.302. The van der Waals surface area contributed by atoms with Crippen LogP contribution in [0, 0.1) is 0 Å². The Labute approximate surface area is 128 Å². The molecule has 1 aromatic heterocycles. The molecule has 1 N–H and O–H groups in total. The minimum atomic E-state index is 0.302. The van der Waals surface area contributed by atoms with Crippen LogP contribution in [0.2, 0.25) is 0 Å². The molecule has 0 saturated carbocycles. The molecule has 19 heavy (non-hydrogen) atoms. The average molecular weight is 347 g/mol. The number of hydrogen-bond donors (Lipinski definition) is 1. The van der Waals surface area contributed by atoms with Crippen LogP contribution in [0.25, 0.3) is 0 Å². The number of thiophene rings is 1. The Balaban J connectivity index is 1.73. The summed E-state index contributed by atoms with van der Waals surface area (Å²) in [5.41, 5.74) is 1.42. The summed E-state index contributed by atoms with van der Waals surface area (Å²) in [6.07, 6.45) is 3.38. The third-order valence-electron chi connectivity index (χ3n) is 3.88. The van der Waals surface area contributed by atoms with Crippen molar-refractivity contribution in [2.24, 2.45) is 0 Å². The van der Waals surface area contributed by atoms with Gasteiger partial charge in [0.2, 0.25) is 0 Å². The van der Waals surface area contributed by atoms with Crippen molar-refractivity contribution in [3.8, 4) is 0 Å². The van der Waals surface area contributed by atoms with Crippen LogP contribution < -0.4 is 0 Å². The first kappa shape index (κ1) is 15.4. The summed E-state index contributed by atoms with van der Waals surface area (Å²) < 4.78 is 1.22. The first-order valence-electron chi connectivity index (χ1n) is 6.95. The molecule has 2 rings (SSSR count). The molecule has 1 fully saturated rings. The molecule has 0 unspecified atom stereocenters. The van der Waals surface area contributed by atoms with Gasteiger partial charge in [0, 0.05) is 25.7 Å². The molecule has 1 aliphatic rings. The second kappa shape index (κ2) is 7.74. The fourth-order valence-electron chi connectivity index (χ4n) is 2.71. The summed E-state index contributed by atoms with van der Waals surface area (Å²) in [5.74, 6) is 0. The molecule has 0 spiro atoms. The number of hydrogen-bond acceptors (Lipinski definition) is 4. The van der Waals surface area contributed by atoms with Crippen molar-refractivity contribution >= 4 is 27.3 Å². The molecule has 0 bridgehead atoms. The summed E-state index contributed by atoms with van der Waals surface area (Å²) in [4.78, 5) is 4.96. The van der Waals surface area contributed by atoms with Gasteiger partial charge in [-0.1, -0.05) is 0 Å². The van der Waals surface area contributed by atoms with Crippen LogP contribution in [0.4, 0.5) is 0 Å². The van der Waals surface area contributed by atoms with Gasteiger partial charge in [-0.2, -0.15) is 0 Å². The summed E-state index contributed by atoms with van der Waals surface area (Å²) >= 11 is 5.29. The lowest BCUT2D eigenvalue weighted by atomic mass is 10.0. The summed E-state index contributed by atoms with van der Waals surface area (Å²) in [7, 11) is 2.19. The van der Waals surface area contributed by atoms with E-state index in [4.69, 9.17) is 5.11 Å². The number of aliphatic hydroxyl groups is 1. The predicted octanol–water partition coefficient (Wildman–Crippen LogP) is 2.79. The lowest BCUT2D eigenvalue weighted by Crippen LogP contribution is -2.43. The highest BCUT2D eigenvalue weighted by molar-refractivity contribution is 9.11. The quantitative estimate of drug-likeness (QED) is 0.857. The van der Waals surface area contributed by atoms with Crippen molar-refractivity contribution in [2.45, 2.75) is 31.8 Å². The van der Waals surface area contributed by atoms with E-state index in [-0.39, 0.29) is 0 Å². The predicted molar refractivity (Wildman–Crippen MR) is 84.7 cm³/mol. The fraction of sp³-hybridized carbons (Fsp3) is 0.714. The second-order valence-corrected chi connectivity index (χ2v) is 7.61.